The summed E-state index contributed by atoms with van der Waals surface area (Å²) >= 11 is 0. The zero-order valence-electron chi connectivity index (χ0n) is 11.5. The number of para-hydroxylation sites is 1. The van der Waals surface area contributed by atoms with Gasteiger partial charge in [-0.25, -0.2) is 4.79 Å². The summed E-state index contributed by atoms with van der Waals surface area (Å²) in [7, 11) is 0. The molecule has 0 fully saturated rings. The van der Waals surface area contributed by atoms with E-state index in [1.165, 1.54) is 0 Å². The van der Waals surface area contributed by atoms with Crippen molar-refractivity contribution in [3.63, 3.8) is 0 Å². The minimum Gasteiger partial charge on any atom is -0.489 e. The smallest absolute Gasteiger partial charge is 0.326 e. The van der Waals surface area contributed by atoms with E-state index < -0.39 is 17.9 Å². The van der Waals surface area contributed by atoms with Gasteiger partial charge in [0, 0.05) is 0 Å². The van der Waals surface area contributed by atoms with E-state index in [0.29, 0.717) is 24.2 Å². The van der Waals surface area contributed by atoms with E-state index in [1.54, 1.807) is 30.3 Å². The minimum atomic E-state index is -1.04. The van der Waals surface area contributed by atoms with Gasteiger partial charge in [0.05, 0.1) is 5.56 Å². The molecule has 0 radical (unpaired) electrons. The van der Waals surface area contributed by atoms with Crippen LogP contribution in [0, 0.1) is 0 Å². The summed E-state index contributed by atoms with van der Waals surface area (Å²) in [5.74, 6) is -1.08. The second-order valence-electron chi connectivity index (χ2n) is 4.25. The first kappa shape index (κ1) is 15.8. The van der Waals surface area contributed by atoms with Crippen molar-refractivity contribution in [2.45, 2.75) is 25.8 Å². The van der Waals surface area contributed by atoms with E-state index in [9.17, 15) is 9.59 Å². The normalized spacial score (nSPS) is 11.4. The highest BCUT2D eigenvalue weighted by Crippen LogP contribution is 2.18. The summed E-state index contributed by atoms with van der Waals surface area (Å²) < 4.78 is 5.38. The van der Waals surface area contributed by atoms with Crippen LogP contribution in [-0.4, -0.2) is 29.6 Å². The Balaban J connectivity index is 2.85. The third kappa shape index (κ3) is 4.42. The predicted octanol–water partition coefficient (Wildman–Crippen LogP) is 2.23. The molecule has 0 aromatic heterocycles. The van der Waals surface area contributed by atoms with Crippen LogP contribution in [0.1, 0.15) is 30.1 Å². The SMILES string of the molecule is C=CCOc1ccccc1C(=O)N[C@@H](CCC)C(=O)O. The predicted molar refractivity (Wildman–Crippen MR) is 75.9 cm³/mol. The maximum Gasteiger partial charge on any atom is 0.326 e. The highest BCUT2D eigenvalue weighted by molar-refractivity contribution is 5.98. The van der Waals surface area contributed by atoms with Crippen molar-refractivity contribution in [2.24, 2.45) is 0 Å². The fourth-order valence-corrected chi connectivity index (χ4v) is 1.71. The Morgan fingerprint density at radius 3 is 2.75 bits per heavy atom. The van der Waals surface area contributed by atoms with Gasteiger partial charge < -0.3 is 15.2 Å². The Kier molecular flexibility index (Phi) is 6.29. The molecule has 0 aliphatic heterocycles. The highest BCUT2D eigenvalue weighted by Gasteiger charge is 2.21. The largest absolute Gasteiger partial charge is 0.489 e. The summed E-state index contributed by atoms with van der Waals surface area (Å²) in [6, 6.07) is 5.81. The van der Waals surface area contributed by atoms with Crippen LogP contribution in [0.4, 0.5) is 0 Å². The lowest BCUT2D eigenvalue weighted by Gasteiger charge is -2.15. The number of carbonyl (C=O) groups excluding carboxylic acids is 1. The summed E-state index contributed by atoms with van der Waals surface area (Å²) in [5, 5.41) is 11.6. The fourth-order valence-electron chi connectivity index (χ4n) is 1.71. The molecule has 108 valence electrons. The molecule has 1 amide bonds. The zero-order chi connectivity index (χ0) is 15.0. The molecule has 2 N–H and O–H groups in total. The minimum absolute atomic E-state index is 0.279. The summed E-state index contributed by atoms with van der Waals surface area (Å²) in [4.78, 5) is 23.2. The monoisotopic (exact) mass is 277 g/mol. The van der Waals surface area contributed by atoms with E-state index in [4.69, 9.17) is 9.84 Å². The molecule has 0 spiro atoms. The third-order valence-corrected chi connectivity index (χ3v) is 2.67. The van der Waals surface area contributed by atoms with E-state index in [0.717, 1.165) is 0 Å². The van der Waals surface area contributed by atoms with E-state index in [2.05, 4.69) is 11.9 Å². The van der Waals surface area contributed by atoms with Gasteiger partial charge in [-0.2, -0.15) is 0 Å². The lowest BCUT2D eigenvalue weighted by molar-refractivity contribution is -0.139. The molecule has 1 aromatic carbocycles. The molecule has 0 bridgehead atoms. The standard InChI is InChI=1S/C15H19NO4/c1-3-7-12(15(18)19)16-14(17)11-8-5-6-9-13(11)20-10-4-2/h4-6,8-9,12H,2-3,7,10H2,1H3,(H,16,17)(H,18,19)/t12-/m0/s1. The second kappa shape index (κ2) is 7.99. The summed E-state index contributed by atoms with van der Waals surface area (Å²) in [6.07, 6.45) is 2.63. The number of hydrogen-bond donors (Lipinski definition) is 2. The van der Waals surface area contributed by atoms with Gasteiger partial charge in [0.2, 0.25) is 0 Å². The second-order valence-corrected chi connectivity index (χ2v) is 4.25. The van der Waals surface area contributed by atoms with Crippen LogP contribution >= 0.6 is 0 Å². The van der Waals surface area contributed by atoms with Gasteiger partial charge in [0.25, 0.3) is 5.91 Å². The van der Waals surface area contributed by atoms with Crippen LogP contribution in [0.5, 0.6) is 5.75 Å². The maximum absolute atomic E-state index is 12.1. The van der Waals surface area contributed by atoms with Gasteiger partial charge in [-0.1, -0.05) is 38.1 Å². The van der Waals surface area contributed by atoms with Crippen molar-refractivity contribution in [1.82, 2.24) is 5.32 Å². The van der Waals surface area contributed by atoms with Crippen molar-refractivity contribution in [3.8, 4) is 5.75 Å². The molecule has 1 rings (SSSR count). The first-order chi connectivity index (χ1) is 9.60. The number of aliphatic carboxylic acids is 1. The Morgan fingerprint density at radius 2 is 2.15 bits per heavy atom. The van der Waals surface area contributed by atoms with Gasteiger partial charge >= 0.3 is 5.97 Å². The van der Waals surface area contributed by atoms with Gasteiger partial charge in [0.1, 0.15) is 18.4 Å². The average molecular weight is 277 g/mol. The molecule has 5 heteroatoms. The zero-order valence-corrected chi connectivity index (χ0v) is 11.5. The van der Waals surface area contributed by atoms with E-state index in [1.807, 2.05) is 6.92 Å². The van der Waals surface area contributed by atoms with Crippen LogP contribution in [0.25, 0.3) is 0 Å². The highest BCUT2D eigenvalue weighted by atomic mass is 16.5. The van der Waals surface area contributed by atoms with Crippen molar-refractivity contribution >= 4 is 11.9 Å². The van der Waals surface area contributed by atoms with Gasteiger partial charge in [0.15, 0.2) is 0 Å². The number of hydrogen-bond acceptors (Lipinski definition) is 3. The van der Waals surface area contributed by atoms with E-state index >= 15 is 0 Å². The average Bonchev–Trinajstić information content (AvgIpc) is 2.44. The van der Waals surface area contributed by atoms with Gasteiger partial charge in [-0.15, -0.1) is 0 Å². The van der Waals surface area contributed by atoms with Crippen LogP contribution in [0.2, 0.25) is 0 Å². The number of carboxylic acid groups (broad SMARTS) is 1. The number of amides is 1. The molecule has 20 heavy (non-hydrogen) atoms. The first-order valence-electron chi connectivity index (χ1n) is 6.46. The number of nitrogens with one attached hydrogen (secondary N) is 1. The van der Waals surface area contributed by atoms with Crippen molar-refractivity contribution in [3.05, 3.63) is 42.5 Å². The lowest BCUT2D eigenvalue weighted by atomic mass is 10.1. The summed E-state index contributed by atoms with van der Waals surface area (Å²) in [6.45, 7) is 5.69. The number of rotatable bonds is 8. The maximum atomic E-state index is 12.1. The molecule has 0 aliphatic rings. The Hall–Kier alpha value is -2.30. The molecule has 1 atom stereocenters. The molecule has 0 saturated carbocycles. The summed E-state index contributed by atoms with van der Waals surface area (Å²) in [5.41, 5.74) is 0.316. The fraction of sp³-hybridized carbons (Fsp3) is 0.333. The number of benzene rings is 1. The molecule has 0 heterocycles. The molecule has 5 nitrogen and oxygen atoms in total. The molecule has 0 saturated heterocycles. The van der Waals surface area contributed by atoms with Crippen LogP contribution < -0.4 is 10.1 Å². The third-order valence-electron chi connectivity index (χ3n) is 2.67. The topological polar surface area (TPSA) is 75.6 Å². The molecular formula is C15H19NO4. The van der Waals surface area contributed by atoms with Crippen molar-refractivity contribution < 1.29 is 19.4 Å². The molecular weight excluding hydrogens is 258 g/mol. The number of ether oxygens (including phenoxy) is 1. The quantitative estimate of drug-likeness (QED) is 0.714. The van der Waals surface area contributed by atoms with Crippen LogP contribution in [0.3, 0.4) is 0 Å². The van der Waals surface area contributed by atoms with E-state index in [-0.39, 0.29) is 6.61 Å². The number of carboxylic acids is 1. The van der Waals surface area contributed by atoms with Gasteiger partial charge in [-0.05, 0) is 18.6 Å². The van der Waals surface area contributed by atoms with Crippen molar-refractivity contribution in [1.29, 1.82) is 0 Å². The Morgan fingerprint density at radius 1 is 1.45 bits per heavy atom. The van der Waals surface area contributed by atoms with Crippen LogP contribution in [-0.2, 0) is 4.79 Å². The molecule has 0 unspecified atom stereocenters. The Labute approximate surface area is 118 Å². The van der Waals surface area contributed by atoms with Crippen molar-refractivity contribution in [2.75, 3.05) is 6.61 Å². The van der Waals surface area contributed by atoms with Gasteiger partial charge in [-0.3, -0.25) is 4.79 Å². The number of carbonyl (C=O) groups is 2. The van der Waals surface area contributed by atoms with Crippen LogP contribution in [0.15, 0.2) is 36.9 Å². The molecule has 1 aromatic rings. The Bertz CT molecular complexity index is 485. The lowest BCUT2D eigenvalue weighted by Crippen LogP contribution is -2.40. The first-order valence-corrected chi connectivity index (χ1v) is 6.46. The molecule has 0 aliphatic carbocycles.